The zero-order valence-corrected chi connectivity index (χ0v) is 13.9. The molecule has 20 heavy (non-hydrogen) atoms. The second kappa shape index (κ2) is 7.01. The molecule has 3 nitrogen and oxygen atoms in total. The van der Waals surface area contributed by atoms with Gasteiger partial charge in [0, 0.05) is 9.26 Å². The first-order valence-electron chi connectivity index (χ1n) is 5.68. The summed E-state index contributed by atoms with van der Waals surface area (Å²) in [7, 11) is 0. The first kappa shape index (κ1) is 15.2. The molecule has 0 atom stereocenters. The molecule has 2 aromatic rings. The maximum atomic E-state index is 12.1. The second-order valence-electron chi connectivity index (χ2n) is 3.90. The fraction of sp³-hybridized carbons (Fsp3) is 0. The zero-order chi connectivity index (χ0) is 14.5. The van der Waals surface area contributed by atoms with Gasteiger partial charge in [-0.1, -0.05) is 29.8 Å². The van der Waals surface area contributed by atoms with E-state index < -0.39 is 0 Å². The molecule has 0 saturated carbocycles. The number of benzene rings is 2. The lowest BCUT2D eigenvalue weighted by Gasteiger charge is -2.10. The molecule has 1 amide bonds. The van der Waals surface area contributed by atoms with E-state index in [4.69, 9.17) is 23.8 Å². The highest BCUT2D eigenvalue weighted by atomic mass is 127. The van der Waals surface area contributed by atoms with E-state index in [1.807, 2.05) is 36.4 Å². The SMILES string of the molecule is O=C(NC(=S)Nc1ccccc1)c1cc(I)ccc1Cl. The van der Waals surface area contributed by atoms with Crippen molar-refractivity contribution in [2.45, 2.75) is 0 Å². The molecule has 0 aliphatic rings. The first-order chi connectivity index (χ1) is 9.56. The van der Waals surface area contributed by atoms with E-state index in [2.05, 4.69) is 33.2 Å². The van der Waals surface area contributed by atoms with Crippen LogP contribution in [0.1, 0.15) is 10.4 Å². The highest BCUT2D eigenvalue weighted by molar-refractivity contribution is 14.1. The van der Waals surface area contributed by atoms with Crippen LogP contribution in [-0.4, -0.2) is 11.0 Å². The van der Waals surface area contributed by atoms with E-state index >= 15 is 0 Å². The van der Waals surface area contributed by atoms with E-state index in [1.54, 1.807) is 12.1 Å². The molecule has 2 N–H and O–H groups in total. The predicted octanol–water partition coefficient (Wildman–Crippen LogP) is 4.07. The number of carbonyl (C=O) groups excluding carboxylic acids is 1. The van der Waals surface area contributed by atoms with E-state index in [9.17, 15) is 4.79 Å². The minimum Gasteiger partial charge on any atom is -0.332 e. The normalized spacial score (nSPS) is 9.90. The van der Waals surface area contributed by atoms with Gasteiger partial charge < -0.3 is 5.32 Å². The molecule has 0 heterocycles. The number of para-hydroxylation sites is 1. The molecule has 6 heteroatoms. The van der Waals surface area contributed by atoms with Crippen molar-refractivity contribution in [2.24, 2.45) is 0 Å². The van der Waals surface area contributed by atoms with Crippen LogP contribution in [0.5, 0.6) is 0 Å². The summed E-state index contributed by atoms with van der Waals surface area (Å²) < 4.78 is 0.930. The van der Waals surface area contributed by atoms with E-state index in [0.717, 1.165) is 9.26 Å². The summed E-state index contributed by atoms with van der Waals surface area (Å²) in [4.78, 5) is 12.1. The van der Waals surface area contributed by atoms with Gasteiger partial charge in [0.05, 0.1) is 10.6 Å². The minimum atomic E-state index is -0.332. The Morgan fingerprint density at radius 3 is 2.55 bits per heavy atom. The summed E-state index contributed by atoms with van der Waals surface area (Å²) in [6, 6.07) is 14.6. The third kappa shape index (κ3) is 4.16. The highest BCUT2D eigenvalue weighted by Crippen LogP contribution is 2.18. The quantitative estimate of drug-likeness (QED) is 0.573. The van der Waals surface area contributed by atoms with Crippen LogP contribution in [0.4, 0.5) is 5.69 Å². The number of hydrogen-bond donors (Lipinski definition) is 2. The fourth-order valence-electron chi connectivity index (χ4n) is 1.53. The second-order valence-corrected chi connectivity index (χ2v) is 5.96. The maximum Gasteiger partial charge on any atom is 0.258 e. The van der Waals surface area contributed by atoms with Gasteiger partial charge in [0.15, 0.2) is 5.11 Å². The lowest BCUT2D eigenvalue weighted by atomic mass is 10.2. The fourth-order valence-corrected chi connectivity index (χ4v) is 2.43. The van der Waals surface area contributed by atoms with Crippen LogP contribution >= 0.6 is 46.4 Å². The molecule has 0 unspecified atom stereocenters. The molecule has 0 aliphatic heterocycles. The van der Waals surface area contributed by atoms with Crippen molar-refractivity contribution in [2.75, 3.05) is 5.32 Å². The summed E-state index contributed by atoms with van der Waals surface area (Å²) in [6.07, 6.45) is 0. The molecule has 0 saturated heterocycles. The van der Waals surface area contributed by atoms with Gasteiger partial charge in [-0.05, 0) is 65.1 Å². The Bertz CT molecular complexity index is 649. The summed E-state index contributed by atoms with van der Waals surface area (Å²) >= 11 is 13.2. The van der Waals surface area contributed by atoms with Crippen LogP contribution < -0.4 is 10.6 Å². The Balaban J connectivity index is 2.04. The number of anilines is 1. The van der Waals surface area contributed by atoms with Crippen molar-refractivity contribution in [1.29, 1.82) is 0 Å². The summed E-state index contributed by atoms with van der Waals surface area (Å²) in [5.41, 5.74) is 1.21. The largest absolute Gasteiger partial charge is 0.332 e. The van der Waals surface area contributed by atoms with Gasteiger partial charge >= 0.3 is 0 Å². The lowest BCUT2D eigenvalue weighted by molar-refractivity contribution is 0.0978. The standard InChI is InChI=1S/C14H10ClIN2OS/c15-12-7-6-9(16)8-11(12)13(19)18-14(20)17-10-4-2-1-3-5-10/h1-8H,(H2,17,18,19,20). The predicted molar refractivity (Wildman–Crippen MR) is 94.3 cm³/mol. The third-order valence-electron chi connectivity index (χ3n) is 2.43. The first-order valence-corrected chi connectivity index (χ1v) is 7.55. The molecule has 102 valence electrons. The summed E-state index contributed by atoms with van der Waals surface area (Å²) in [6.45, 7) is 0. The van der Waals surface area contributed by atoms with Gasteiger partial charge in [-0.15, -0.1) is 0 Å². The Morgan fingerprint density at radius 1 is 1.15 bits per heavy atom. The minimum absolute atomic E-state index is 0.233. The molecular formula is C14H10ClIN2OS. The highest BCUT2D eigenvalue weighted by Gasteiger charge is 2.12. The summed E-state index contributed by atoms with van der Waals surface area (Å²) in [5, 5.41) is 6.16. The van der Waals surface area contributed by atoms with Crippen LogP contribution in [0.2, 0.25) is 5.02 Å². The summed E-state index contributed by atoms with van der Waals surface area (Å²) in [5.74, 6) is -0.332. The third-order valence-corrected chi connectivity index (χ3v) is 3.64. The number of halogens is 2. The van der Waals surface area contributed by atoms with Crippen LogP contribution in [0.25, 0.3) is 0 Å². The average molecular weight is 417 g/mol. The van der Waals surface area contributed by atoms with Crippen molar-refractivity contribution in [3.05, 3.63) is 62.7 Å². The number of thiocarbonyl (C=S) groups is 1. The zero-order valence-electron chi connectivity index (χ0n) is 10.2. The molecule has 0 radical (unpaired) electrons. The van der Waals surface area contributed by atoms with Crippen LogP contribution in [0, 0.1) is 3.57 Å². The number of rotatable bonds is 2. The van der Waals surface area contributed by atoms with Gasteiger partial charge in [-0.2, -0.15) is 0 Å². The monoisotopic (exact) mass is 416 g/mol. The van der Waals surface area contributed by atoms with Gasteiger partial charge in [0.1, 0.15) is 0 Å². The van der Waals surface area contributed by atoms with Crippen LogP contribution in [0.15, 0.2) is 48.5 Å². The maximum absolute atomic E-state index is 12.1. The van der Waals surface area contributed by atoms with Crippen molar-refractivity contribution >= 4 is 63.1 Å². The molecular weight excluding hydrogens is 407 g/mol. The topological polar surface area (TPSA) is 41.1 Å². The molecule has 0 fully saturated rings. The van der Waals surface area contributed by atoms with Crippen molar-refractivity contribution in [3.63, 3.8) is 0 Å². The van der Waals surface area contributed by atoms with E-state index in [0.29, 0.717) is 10.6 Å². The van der Waals surface area contributed by atoms with E-state index in [1.165, 1.54) is 0 Å². The number of nitrogens with one attached hydrogen (secondary N) is 2. The molecule has 0 aromatic heterocycles. The van der Waals surface area contributed by atoms with Crippen molar-refractivity contribution in [3.8, 4) is 0 Å². The number of carbonyl (C=O) groups is 1. The molecule has 0 spiro atoms. The van der Waals surface area contributed by atoms with Crippen LogP contribution in [0.3, 0.4) is 0 Å². The number of hydrogen-bond acceptors (Lipinski definition) is 2. The van der Waals surface area contributed by atoms with Gasteiger partial charge in [0.25, 0.3) is 5.91 Å². The molecule has 0 aliphatic carbocycles. The molecule has 0 bridgehead atoms. The van der Waals surface area contributed by atoms with Crippen molar-refractivity contribution < 1.29 is 4.79 Å². The van der Waals surface area contributed by atoms with Crippen molar-refractivity contribution in [1.82, 2.24) is 5.32 Å². The Kier molecular flexibility index (Phi) is 5.33. The van der Waals surface area contributed by atoms with Gasteiger partial charge in [-0.3, -0.25) is 10.1 Å². The smallest absolute Gasteiger partial charge is 0.258 e. The Hall–Kier alpha value is -1.18. The number of amides is 1. The Labute approximate surface area is 140 Å². The van der Waals surface area contributed by atoms with Crippen LogP contribution in [-0.2, 0) is 0 Å². The lowest BCUT2D eigenvalue weighted by Crippen LogP contribution is -2.34. The molecule has 2 aromatic carbocycles. The van der Waals surface area contributed by atoms with Gasteiger partial charge in [0.2, 0.25) is 0 Å². The van der Waals surface area contributed by atoms with Gasteiger partial charge in [-0.25, -0.2) is 0 Å². The Morgan fingerprint density at radius 2 is 1.85 bits per heavy atom. The van der Waals surface area contributed by atoms with E-state index in [-0.39, 0.29) is 11.0 Å². The average Bonchev–Trinajstić information content (AvgIpc) is 2.42. The molecule has 2 rings (SSSR count).